The van der Waals surface area contributed by atoms with E-state index in [1.54, 1.807) is 0 Å². The highest BCUT2D eigenvalue weighted by molar-refractivity contribution is 5.66. The molecule has 2 unspecified atom stereocenters. The molecule has 0 amide bonds. The van der Waals surface area contributed by atoms with Crippen molar-refractivity contribution >= 4 is 11.9 Å². The standard InChI is InChI=1S/C36H68O4/c1-3-5-7-9-15-21-27-33(29-23-17-11-13-19-25-31-35(37)38)34(28-22-16-10-8-6-4-2)30-24-18-12-14-20-26-32-36(39)40/h23,29,33-34H,3-22,24-28,30-32H2,1-2H3,(H,37,38)(H,39,40)/b29-23+. The van der Waals surface area contributed by atoms with Crippen LogP contribution in [0.25, 0.3) is 0 Å². The highest BCUT2D eigenvalue weighted by Crippen LogP contribution is 2.31. The molecule has 236 valence electrons. The van der Waals surface area contributed by atoms with E-state index in [1.807, 2.05) is 0 Å². The zero-order valence-corrected chi connectivity index (χ0v) is 26.8. The molecule has 0 aliphatic rings. The Morgan fingerprint density at radius 2 is 0.875 bits per heavy atom. The lowest BCUT2D eigenvalue weighted by Gasteiger charge is -2.26. The smallest absolute Gasteiger partial charge is 0.303 e. The fraction of sp³-hybridized carbons (Fsp3) is 0.889. The van der Waals surface area contributed by atoms with E-state index in [1.165, 1.54) is 128 Å². The minimum Gasteiger partial charge on any atom is -0.481 e. The molecule has 2 N–H and O–H groups in total. The lowest BCUT2D eigenvalue weighted by atomic mass is 9.80. The van der Waals surface area contributed by atoms with Gasteiger partial charge in [0.05, 0.1) is 0 Å². The Balaban J connectivity index is 4.84. The summed E-state index contributed by atoms with van der Waals surface area (Å²) in [4.78, 5) is 21.4. The van der Waals surface area contributed by atoms with E-state index in [9.17, 15) is 9.59 Å². The number of carboxylic acid groups (broad SMARTS) is 2. The van der Waals surface area contributed by atoms with Crippen LogP contribution in [0, 0.1) is 11.8 Å². The van der Waals surface area contributed by atoms with Crippen LogP contribution in [0.4, 0.5) is 0 Å². The molecule has 0 aliphatic carbocycles. The maximum absolute atomic E-state index is 10.7. The molecule has 0 aromatic heterocycles. The summed E-state index contributed by atoms with van der Waals surface area (Å²) in [6, 6.07) is 0. The van der Waals surface area contributed by atoms with Crippen molar-refractivity contribution in [2.75, 3.05) is 0 Å². The van der Waals surface area contributed by atoms with Crippen molar-refractivity contribution in [3.05, 3.63) is 12.2 Å². The van der Waals surface area contributed by atoms with Crippen LogP contribution in [0.2, 0.25) is 0 Å². The van der Waals surface area contributed by atoms with Gasteiger partial charge in [0.25, 0.3) is 0 Å². The number of hydrogen-bond acceptors (Lipinski definition) is 2. The summed E-state index contributed by atoms with van der Waals surface area (Å²) in [6.07, 6.45) is 38.2. The molecule has 0 radical (unpaired) electrons. The van der Waals surface area contributed by atoms with Crippen LogP contribution in [0.5, 0.6) is 0 Å². The Morgan fingerprint density at radius 1 is 0.500 bits per heavy atom. The normalized spacial score (nSPS) is 13.2. The van der Waals surface area contributed by atoms with Crippen molar-refractivity contribution in [1.82, 2.24) is 0 Å². The monoisotopic (exact) mass is 565 g/mol. The summed E-state index contributed by atoms with van der Waals surface area (Å²) in [5.74, 6) is 0.150. The average Bonchev–Trinajstić information content (AvgIpc) is 2.92. The van der Waals surface area contributed by atoms with Crippen molar-refractivity contribution in [2.45, 2.75) is 194 Å². The van der Waals surface area contributed by atoms with Gasteiger partial charge < -0.3 is 10.2 Å². The summed E-state index contributed by atoms with van der Waals surface area (Å²) in [5, 5.41) is 17.7. The van der Waals surface area contributed by atoms with E-state index in [0.29, 0.717) is 18.8 Å². The van der Waals surface area contributed by atoms with Crippen LogP contribution in [0.1, 0.15) is 194 Å². The Kier molecular flexibility index (Phi) is 29.6. The van der Waals surface area contributed by atoms with Crippen molar-refractivity contribution in [3.8, 4) is 0 Å². The third kappa shape index (κ3) is 28.2. The Hall–Kier alpha value is -1.32. The van der Waals surface area contributed by atoms with Gasteiger partial charge in [-0.3, -0.25) is 9.59 Å². The molecule has 2 atom stereocenters. The van der Waals surface area contributed by atoms with Gasteiger partial charge in [-0.1, -0.05) is 148 Å². The molecule has 4 heteroatoms. The Labute approximate surface area is 249 Å². The molecular formula is C36H68O4. The van der Waals surface area contributed by atoms with E-state index in [4.69, 9.17) is 10.2 Å². The SMILES string of the molecule is CCCCCCCCC(/C=C/CCCCCCC(=O)O)C(CCCCCCCC)CCCCCCCCC(=O)O. The zero-order chi connectivity index (χ0) is 29.5. The molecular weight excluding hydrogens is 496 g/mol. The number of rotatable bonds is 32. The molecule has 0 bridgehead atoms. The molecule has 4 nitrogen and oxygen atoms in total. The van der Waals surface area contributed by atoms with Crippen LogP contribution in [-0.4, -0.2) is 22.2 Å². The van der Waals surface area contributed by atoms with Crippen molar-refractivity contribution < 1.29 is 19.8 Å². The summed E-state index contributed by atoms with van der Waals surface area (Å²) in [7, 11) is 0. The molecule has 0 saturated heterocycles. The molecule has 0 fully saturated rings. The minimum absolute atomic E-state index is 0.304. The topological polar surface area (TPSA) is 74.6 Å². The van der Waals surface area contributed by atoms with Gasteiger partial charge in [0.15, 0.2) is 0 Å². The molecule has 40 heavy (non-hydrogen) atoms. The maximum atomic E-state index is 10.7. The Morgan fingerprint density at radius 3 is 1.32 bits per heavy atom. The number of unbranched alkanes of at least 4 members (excludes halogenated alkanes) is 19. The third-order valence-corrected chi connectivity index (χ3v) is 8.54. The van der Waals surface area contributed by atoms with E-state index < -0.39 is 11.9 Å². The first-order valence-corrected chi connectivity index (χ1v) is 17.6. The van der Waals surface area contributed by atoms with E-state index in [-0.39, 0.29) is 0 Å². The van der Waals surface area contributed by atoms with Gasteiger partial charge in [-0.05, 0) is 56.8 Å². The van der Waals surface area contributed by atoms with Crippen LogP contribution < -0.4 is 0 Å². The third-order valence-electron chi connectivity index (χ3n) is 8.54. The Bertz CT molecular complexity index is 585. The second-order valence-electron chi connectivity index (χ2n) is 12.4. The van der Waals surface area contributed by atoms with Gasteiger partial charge >= 0.3 is 11.9 Å². The lowest BCUT2D eigenvalue weighted by Crippen LogP contribution is -2.14. The highest BCUT2D eigenvalue weighted by Gasteiger charge is 2.18. The molecule has 0 aromatic carbocycles. The van der Waals surface area contributed by atoms with E-state index in [2.05, 4.69) is 26.0 Å². The van der Waals surface area contributed by atoms with Gasteiger partial charge in [-0.25, -0.2) is 0 Å². The lowest BCUT2D eigenvalue weighted by molar-refractivity contribution is -0.138. The van der Waals surface area contributed by atoms with Gasteiger partial charge in [-0.2, -0.15) is 0 Å². The predicted molar refractivity (Wildman–Crippen MR) is 172 cm³/mol. The predicted octanol–water partition coefficient (Wildman–Crippen LogP) is 11.9. The van der Waals surface area contributed by atoms with Crippen LogP contribution >= 0.6 is 0 Å². The van der Waals surface area contributed by atoms with E-state index >= 15 is 0 Å². The average molecular weight is 565 g/mol. The molecule has 0 aromatic rings. The van der Waals surface area contributed by atoms with Crippen LogP contribution in [0.15, 0.2) is 12.2 Å². The first kappa shape index (κ1) is 38.7. The van der Waals surface area contributed by atoms with Crippen LogP contribution in [0.3, 0.4) is 0 Å². The van der Waals surface area contributed by atoms with Crippen molar-refractivity contribution in [2.24, 2.45) is 11.8 Å². The summed E-state index contributed by atoms with van der Waals surface area (Å²) >= 11 is 0. The minimum atomic E-state index is -0.674. The molecule has 0 heterocycles. The number of carbonyl (C=O) groups is 2. The van der Waals surface area contributed by atoms with Gasteiger partial charge in [-0.15, -0.1) is 0 Å². The fourth-order valence-electron chi connectivity index (χ4n) is 5.96. The fourth-order valence-corrected chi connectivity index (χ4v) is 5.96. The second kappa shape index (κ2) is 30.6. The summed E-state index contributed by atoms with van der Waals surface area (Å²) in [5.41, 5.74) is 0. The first-order valence-electron chi connectivity index (χ1n) is 17.6. The zero-order valence-electron chi connectivity index (χ0n) is 26.8. The molecule has 0 rings (SSSR count). The molecule has 0 saturated carbocycles. The van der Waals surface area contributed by atoms with Crippen LogP contribution in [-0.2, 0) is 9.59 Å². The van der Waals surface area contributed by atoms with Crippen molar-refractivity contribution in [3.63, 3.8) is 0 Å². The second-order valence-corrected chi connectivity index (χ2v) is 12.4. The quantitative estimate of drug-likeness (QED) is 0.0629. The number of carboxylic acids is 2. The number of allylic oxidation sites excluding steroid dienone is 2. The number of aliphatic carboxylic acids is 2. The molecule has 0 aliphatic heterocycles. The first-order chi connectivity index (χ1) is 19.5. The van der Waals surface area contributed by atoms with E-state index in [0.717, 1.165) is 44.4 Å². The maximum Gasteiger partial charge on any atom is 0.303 e. The number of hydrogen-bond donors (Lipinski definition) is 2. The summed E-state index contributed by atoms with van der Waals surface area (Å²) in [6.45, 7) is 4.58. The molecule has 0 spiro atoms. The summed E-state index contributed by atoms with van der Waals surface area (Å²) < 4.78 is 0. The van der Waals surface area contributed by atoms with Gasteiger partial charge in [0.1, 0.15) is 0 Å². The largest absolute Gasteiger partial charge is 0.481 e. The van der Waals surface area contributed by atoms with Gasteiger partial charge in [0.2, 0.25) is 0 Å². The highest BCUT2D eigenvalue weighted by atomic mass is 16.4. The van der Waals surface area contributed by atoms with Crippen molar-refractivity contribution in [1.29, 1.82) is 0 Å². The van der Waals surface area contributed by atoms with Gasteiger partial charge in [0, 0.05) is 12.8 Å².